The number of anilines is 2. The minimum atomic E-state index is -3.89. The molecule has 4 rings (SSSR count). The maximum Gasteiger partial charge on any atom is 0.264 e. The first-order valence-corrected chi connectivity index (χ1v) is 12.4. The van der Waals surface area contributed by atoms with Crippen LogP contribution >= 0.6 is 11.6 Å². The maximum atomic E-state index is 13.2. The number of nitriles is 1. The summed E-state index contributed by atoms with van der Waals surface area (Å²) in [5.41, 5.74) is 1.21. The molecule has 2 aromatic carbocycles. The zero-order chi connectivity index (χ0) is 24.3. The number of piperazine rings is 1. The van der Waals surface area contributed by atoms with Gasteiger partial charge in [0.2, 0.25) is 0 Å². The van der Waals surface area contributed by atoms with Crippen molar-refractivity contribution >= 4 is 39.0 Å². The van der Waals surface area contributed by atoms with Crippen molar-refractivity contribution in [2.24, 2.45) is 0 Å². The van der Waals surface area contributed by atoms with Crippen LogP contribution in [-0.4, -0.2) is 57.4 Å². The van der Waals surface area contributed by atoms with Gasteiger partial charge in [-0.2, -0.15) is 5.26 Å². The highest BCUT2D eigenvalue weighted by Gasteiger charge is 2.26. The Hall–Kier alpha value is -3.61. The predicted molar refractivity (Wildman–Crippen MR) is 131 cm³/mol. The van der Waals surface area contributed by atoms with Gasteiger partial charge in [0.05, 0.1) is 16.1 Å². The highest BCUT2D eigenvalue weighted by Crippen LogP contribution is 2.26. The number of nitrogens with zero attached hydrogens (tertiary/aromatic N) is 5. The van der Waals surface area contributed by atoms with E-state index in [1.165, 1.54) is 19.2 Å². The van der Waals surface area contributed by atoms with Crippen molar-refractivity contribution in [3.05, 3.63) is 83.0 Å². The molecule has 0 atom stereocenters. The Morgan fingerprint density at radius 2 is 1.79 bits per heavy atom. The van der Waals surface area contributed by atoms with Crippen LogP contribution in [0.4, 0.5) is 11.5 Å². The van der Waals surface area contributed by atoms with E-state index in [-0.39, 0.29) is 10.8 Å². The number of amides is 1. The van der Waals surface area contributed by atoms with Gasteiger partial charge < -0.3 is 9.80 Å². The molecule has 174 valence electrons. The normalized spacial score (nSPS) is 13.9. The molecule has 1 saturated heterocycles. The molecule has 34 heavy (non-hydrogen) atoms. The van der Waals surface area contributed by atoms with Gasteiger partial charge in [0.15, 0.2) is 0 Å². The quantitative estimate of drug-likeness (QED) is 0.538. The minimum absolute atomic E-state index is 0.0200. The molecule has 0 saturated carbocycles. The van der Waals surface area contributed by atoms with Gasteiger partial charge in [0.1, 0.15) is 11.9 Å². The van der Waals surface area contributed by atoms with Crippen LogP contribution in [-0.2, 0) is 10.0 Å². The van der Waals surface area contributed by atoms with Gasteiger partial charge in [-0.25, -0.2) is 13.4 Å². The van der Waals surface area contributed by atoms with Crippen molar-refractivity contribution in [2.75, 3.05) is 42.4 Å². The van der Waals surface area contributed by atoms with Crippen molar-refractivity contribution in [3.63, 3.8) is 0 Å². The Balaban J connectivity index is 1.50. The minimum Gasteiger partial charge on any atom is -0.352 e. The van der Waals surface area contributed by atoms with E-state index in [1.807, 2.05) is 4.90 Å². The first-order chi connectivity index (χ1) is 16.3. The summed E-state index contributed by atoms with van der Waals surface area (Å²) in [6.45, 7) is 1.90. The second kappa shape index (κ2) is 9.71. The number of benzene rings is 2. The number of pyridine rings is 1. The molecule has 0 bridgehead atoms. The number of halogens is 1. The second-order valence-corrected chi connectivity index (χ2v) is 10.2. The third kappa shape index (κ3) is 4.69. The molecule has 1 aromatic heterocycles. The summed E-state index contributed by atoms with van der Waals surface area (Å²) in [6, 6.07) is 18.2. The van der Waals surface area contributed by atoms with Crippen LogP contribution in [0, 0.1) is 11.3 Å². The smallest absolute Gasteiger partial charge is 0.264 e. The molecule has 8 nitrogen and oxygen atoms in total. The Morgan fingerprint density at radius 3 is 2.50 bits per heavy atom. The monoisotopic (exact) mass is 495 g/mol. The van der Waals surface area contributed by atoms with Crippen LogP contribution < -0.4 is 9.21 Å². The van der Waals surface area contributed by atoms with Crippen LogP contribution in [0.3, 0.4) is 0 Å². The van der Waals surface area contributed by atoms with Gasteiger partial charge >= 0.3 is 0 Å². The highest BCUT2D eigenvalue weighted by molar-refractivity contribution is 7.92. The highest BCUT2D eigenvalue weighted by atomic mass is 35.5. The summed E-state index contributed by atoms with van der Waals surface area (Å²) in [5, 5.41) is 9.74. The number of carbonyl (C=O) groups excluding carboxylic acids is 1. The number of aromatic nitrogens is 1. The first-order valence-electron chi connectivity index (χ1n) is 10.5. The predicted octanol–water partition coefficient (Wildman–Crippen LogP) is 3.39. The van der Waals surface area contributed by atoms with Gasteiger partial charge in [-0.1, -0.05) is 23.7 Å². The number of hydrogen-bond donors (Lipinski definition) is 0. The summed E-state index contributed by atoms with van der Waals surface area (Å²) in [5.74, 6) is 0.359. The molecule has 0 radical (unpaired) electrons. The zero-order valence-corrected chi connectivity index (χ0v) is 20.0. The van der Waals surface area contributed by atoms with Crippen LogP contribution in [0.5, 0.6) is 0 Å². The molecule has 0 spiro atoms. The average molecular weight is 496 g/mol. The largest absolute Gasteiger partial charge is 0.352 e. The van der Waals surface area contributed by atoms with Gasteiger partial charge in [-0.15, -0.1) is 0 Å². The molecular formula is C24H22ClN5O3S. The fourth-order valence-electron chi connectivity index (χ4n) is 3.80. The molecule has 2 heterocycles. The van der Waals surface area contributed by atoms with Gasteiger partial charge in [0.25, 0.3) is 15.9 Å². The summed E-state index contributed by atoms with van der Waals surface area (Å²) in [7, 11) is -2.44. The van der Waals surface area contributed by atoms with Gasteiger partial charge in [0, 0.05) is 50.0 Å². The molecule has 1 aliphatic heterocycles. The number of rotatable bonds is 5. The fourth-order valence-corrected chi connectivity index (χ4v) is 5.22. The lowest BCUT2D eigenvalue weighted by atomic mass is 10.1. The Labute approximate surface area is 203 Å². The number of carbonyl (C=O) groups is 1. The molecule has 10 heteroatoms. The second-order valence-electron chi connectivity index (χ2n) is 7.75. The molecule has 0 aliphatic carbocycles. The van der Waals surface area contributed by atoms with E-state index in [9.17, 15) is 18.5 Å². The zero-order valence-electron chi connectivity index (χ0n) is 18.4. The molecule has 0 N–H and O–H groups in total. The molecule has 1 aliphatic rings. The van der Waals surface area contributed by atoms with E-state index in [4.69, 9.17) is 11.6 Å². The third-order valence-corrected chi connectivity index (χ3v) is 7.70. The Kier molecular flexibility index (Phi) is 6.72. The lowest BCUT2D eigenvalue weighted by Gasteiger charge is -2.35. The summed E-state index contributed by atoms with van der Waals surface area (Å²) >= 11 is 6.01. The van der Waals surface area contributed by atoms with Crippen molar-refractivity contribution in [1.29, 1.82) is 5.26 Å². The lowest BCUT2D eigenvalue weighted by molar-refractivity contribution is 0.0746. The Morgan fingerprint density at radius 1 is 1.06 bits per heavy atom. The van der Waals surface area contributed by atoms with Crippen molar-refractivity contribution in [2.45, 2.75) is 4.90 Å². The topological polar surface area (TPSA) is 97.6 Å². The van der Waals surface area contributed by atoms with E-state index >= 15 is 0 Å². The lowest BCUT2D eigenvalue weighted by Crippen LogP contribution is -2.49. The molecular weight excluding hydrogens is 474 g/mol. The fraction of sp³-hybridized carbons (Fsp3) is 0.208. The summed E-state index contributed by atoms with van der Waals surface area (Å²) in [4.78, 5) is 21.1. The van der Waals surface area contributed by atoms with Crippen molar-refractivity contribution < 1.29 is 13.2 Å². The van der Waals surface area contributed by atoms with E-state index in [1.54, 1.807) is 59.6 Å². The van der Waals surface area contributed by atoms with Crippen molar-refractivity contribution in [3.8, 4) is 6.07 Å². The van der Waals surface area contributed by atoms with Crippen LogP contribution in [0.25, 0.3) is 0 Å². The summed E-state index contributed by atoms with van der Waals surface area (Å²) < 4.78 is 27.5. The van der Waals surface area contributed by atoms with Crippen LogP contribution in [0.15, 0.2) is 71.8 Å². The molecule has 3 aromatic rings. The van der Waals surface area contributed by atoms with Crippen LogP contribution in [0.1, 0.15) is 15.9 Å². The number of hydrogen-bond acceptors (Lipinski definition) is 6. The SMILES string of the molecule is CN(c1cccc(Cl)c1)S(=O)(=O)c1cccc(C(=O)N2CCN(c3ncccc3C#N)CC2)c1. The van der Waals surface area contributed by atoms with E-state index in [2.05, 4.69) is 11.1 Å². The third-order valence-electron chi connectivity index (χ3n) is 5.68. The first kappa shape index (κ1) is 23.5. The standard InChI is InChI=1S/C24H22ClN5O3S/c1-28(21-8-3-7-20(25)16-21)34(32,33)22-9-2-5-18(15-22)24(31)30-13-11-29(12-14-30)23-19(17-26)6-4-10-27-23/h2-10,15-16H,11-14H2,1H3. The maximum absolute atomic E-state index is 13.2. The van der Waals surface area contributed by atoms with Gasteiger partial charge in [-0.3, -0.25) is 9.10 Å². The van der Waals surface area contributed by atoms with E-state index in [0.29, 0.717) is 53.8 Å². The Bertz CT molecular complexity index is 1360. The van der Waals surface area contributed by atoms with E-state index < -0.39 is 10.0 Å². The molecule has 1 amide bonds. The van der Waals surface area contributed by atoms with Crippen LogP contribution in [0.2, 0.25) is 5.02 Å². The molecule has 0 unspecified atom stereocenters. The van der Waals surface area contributed by atoms with E-state index in [0.717, 1.165) is 4.31 Å². The van der Waals surface area contributed by atoms with Gasteiger partial charge in [-0.05, 0) is 48.5 Å². The summed E-state index contributed by atoms with van der Waals surface area (Å²) in [6.07, 6.45) is 1.64. The molecule has 1 fully saturated rings. The van der Waals surface area contributed by atoms with Crippen molar-refractivity contribution in [1.82, 2.24) is 9.88 Å². The average Bonchev–Trinajstić information content (AvgIpc) is 2.88. The number of sulfonamides is 1.